The largest absolute Gasteiger partial charge is 0.472 e. The molecule has 2 nitrogen and oxygen atoms in total. The predicted molar refractivity (Wildman–Crippen MR) is 165 cm³/mol. The van der Waals surface area contributed by atoms with E-state index in [1.165, 1.54) is 0 Å². The number of para-hydroxylation sites is 2. The molecule has 2 radical (unpaired) electrons. The summed E-state index contributed by atoms with van der Waals surface area (Å²) in [5.74, 6) is 1.55. The first-order valence-electron chi connectivity index (χ1n) is 13.3. The molecule has 0 spiro atoms. The zero-order chi connectivity index (χ0) is 27.1. The van der Waals surface area contributed by atoms with Gasteiger partial charge in [-0.3, -0.25) is 0 Å². The van der Waals surface area contributed by atoms with Crippen LogP contribution in [0.2, 0.25) is 0 Å². The van der Waals surface area contributed by atoms with Gasteiger partial charge in [0.05, 0.1) is 0 Å². The third kappa shape index (κ3) is 5.58. The molecule has 0 N–H and O–H groups in total. The molecule has 3 heteroatoms. The smallest absolute Gasteiger partial charge is 0.266 e. The molecule has 6 rings (SSSR count). The molecule has 40 heavy (non-hydrogen) atoms. The van der Waals surface area contributed by atoms with Crippen LogP contribution in [0.1, 0.15) is 0 Å². The standard InChI is InChI=1S/C37H27O2.Al/c1-5-15-28(16-6-1)32-23-13-24-33(29-17-7-2-8-18-29)36(32)38-27-39-37-34(30-19-9-3-10-20-30)25-14-26-35(37)31-21-11-4-12-22-31;/h1-27H;. The van der Waals surface area contributed by atoms with E-state index in [4.69, 9.17) is 9.47 Å². The highest BCUT2D eigenvalue weighted by Crippen LogP contribution is 2.42. The first-order valence-corrected chi connectivity index (χ1v) is 14.0. The lowest BCUT2D eigenvalue weighted by Crippen LogP contribution is -2.25. The molecule has 0 aliphatic rings. The molecule has 0 saturated heterocycles. The Balaban J connectivity index is 1.43. The Morgan fingerprint density at radius 3 is 0.825 bits per heavy atom. The predicted octanol–water partition coefficient (Wildman–Crippen LogP) is 9.26. The lowest BCUT2D eigenvalue weighted by atomic mass is 9.97. The van der Waals surface area contributed by atoms with E-state index in [1.54, 1.807) is 0 Å². The van der Waals surface area contributed by atoms with E-state index in [0.29, 0.717) is 0 Å². The fourth-order valence-corrected chi connectivity index (χ4v) is 5.24. The average Bonchev–Trinajstić information content (AvgIpc) is 3.03. The summed E-state index contributed by atoms with van der Waals surface area (Å²) in [7, 11) is 0. The van der Waals surface area contributed by atoms with Gasteiger partial charge in [0.1, 0.15) is 16.7 Å². The monoisotopic (exact) mass is 530 g/mol. The van der Waals surface area contributed by atoms with Crippen molar-refractivity contribution in [3.63, 3.8) is 0 Å². The third-order valence-corrected chi connectivity index (χ3v) is 7.11. The van der Waals surface area contributed by atoms with Gasteiger partial charge in [-0.05, 0) is 22.3 Å². The lowest BCUT2D eigenvalue weighted by molar-refractivity contribution is 0.0789. The maximum Gasteiger partial charge on any atom is 0.266 e. The fourth-order valence-electron chi connectivity index (χ4n) is 4.96. The highest BCUT2D eigenvalue weighted by molar-refractivity contribution is 6.10. The van der Waals surface area contributed by atoms with E-state index < -0.39 is 5.15 Å². The summed E-state index contributed by atoms with van der Waals surface area (Å²) in [5, 5.41) is -0.653. The second-order valence-corrected chi connectivity index (χ2v) is 9.98. The van der Waals surface area contributed by atoms with Crippen LogP contribution in [0.25, 0.3) is 44.5 Å². The van der Waals surface area contributed by atoms with Gasteiger partial charge in [0.15, 0.2) is 0 Å². The average molecular weight is 531 g/mol. The SMILES string of the molecule is [Al][CH](Oc1c(-c2ccccc2)cccc1-c1ccccc1)Oc1c(-c2ccccc2)cccc1-c1ccccc1. The summed E-state index contributed by atoms with van der Waals surface area (Å²) in [5.41, 5.74) is 8.39. The summed E-state index contributed by atoms with van der Waals surface area (Å²) in [4.78, 5) is 0. The molecule has 6 aromatic rings. The lowest BCUT2D eigenvalue weighted by Gasteiger charge is -2.25. The number of benzene rings is 6. The summed E-state index contributed by atoms with van der Waals surface area (Å²) < 4.78 is 13.4. The van der Waals surface area contributed by atoms with Crippen LogP contribution in [-0.2, 0) is 0 Å². The minimum absolute atomic E-state index is 0.653. The van der Waals surface area contributed by atoms with Crippen LogP contribution >= 0.6 is 0 Å². The minimum atomic E-state index is -0.653. The summed E-state index contributed by atoms with van der Waals surface area (Å²) >= 11 is 2.75. The molecular weight excluding hydrogens is 503 g/mol. The van der Waals surface area contributed by atoms with Crippen LogP contribution in [0.4, 0.5) is 0 Å². The molecule has 0 aliphatic heterocycles. The maximum absolute atomic E-state index is 6.71. The van der Waals surface area contributed by atoms with E-state index in [1.807, 2.05) is 72.8 Å². The Bertz CT molecular complexity index is 1440. The van der Waals surface area contributed by atoms with Crippen LogP contribution in [0, 0.1) is 0 Å². The van der Waals surface area contributed by atoms with Crippen molar-refractivity contribution in [1.82, 2.24) is 0 Å². The molecule has 0 atom stereocenters. The second-order valence-electron chi connectivity index (χ2n) is 9.43. The zero-order valence-electron chi connectivity index (χ0n) is 22.0. The summed E-state index contributed by atoms with van der Waals surface area (Å²) in [6.07, 6.45) is 0. The van der Waals surface area contributed by atoms with Gasteiger partial charge in [0.25, 0.3) is 16.3 Å². The van der Waals surface area contributed by atoms with E-state index >= 15 is 0 Å². The van der Waals surface area contributed by atoms with Crippen molar-refractivity contribution in [2.45, 2.75) is 5.15 Å². The Kier molecular flexibility index (Phi) is 7.78. The van der Waals surface area contributed by atoms with Crippen molar-refractivity contribution in [2.24, 2.45) is 0 Å². The Labute approximate surface area is 243 Å². The van der Waals surface area contributed by atoms with E-state index in [2.05, 4.69) is 101 Å². The van der Waals surface area contributed by atoms with Crippen LogP contribution in [0.5, 0.6) is 11.5 Å². The van der Waals surface area contributed by atoms with Gasteiger partial charge in [-0.1, -0.05) is 158 Å². The number of hydrogen-bond acceptors (Lipinski definition) is 2. The van der Waals surface area contributed by atoms with Gasteiger partial charge < -0.3 is 9.47 Å². The first-order chi connectivity index (χ1) is 19.8. The minimum Gasteiger partial charge on any atom is -0.472 e. The van der Waals surface area contributed by atoms with E-state index in [0.717, 1.165) is 56.0 Å². The van der Waals surface area contributed by atoms with Gasteiger partial charge in [0.2, 0.25) is 0 Å². The van der Waals surface area contributed by atoms with Crippen LogP contribution in [-0.4, -0.2) is 21.4 Å². The van der Waals surface area contributed by atoms with Gasteiger partial charge >= 0.3 is 0 Å². The van der Waals surface area contributed by atoms with E-state index in [-0.39, 0.29) is 0 Å². The van der Waals surface area contributed by atoms with Gasteiger partial charge in [-0.2, -0.15) is 0 Å². The van der Waals surface area contributed by atoms with Crippen molar-refractivity contribution in [1.29, 1.82) is 0 Å². The van der Waals surface area contributed by atoms with Crippen molar-refractivity contribution >= 4 is 16.3 Å². The van der Waals surface area contributed by atoms with E-state index in [9.17, 15) is 0 Å². The first kappa shape index (κ1) is 25.7. The van der Waals surface area contributed by atoms with Crippen molar-refractivity contribution in [2.75, 3.05) is 0 Å². The zero-order valence-corrected chi connectivity index (χ0v) is 23.1. The molecule has 0 heterocycles. The molecule has 0 aromatic heterocycles. The Hall–Kier alpha value is -4.55. The summed E-state index contributed by atoms with van der Waals surface area (Å²) in [6.45, 7) is 0. The van der Waals surface area contributed by atoms with Crippen LogP contribution < -0.4 is 9.47 Å². The van der Waals surface area contributed by atoms with Crippen molar-refractivity contribution < 1.29 is 9.47 Å². The molecule has 0 bridgehead atoms. The van der Waals surface area contributed by atoms with Gasteiger partial charge in [0, 0.05) is 22.3 Å². The normalized spacial score (nSPS) is 10.8. The third-order valence-electron chi connectivity index (χ3n) is 6.84. The quantitative estimate of drug-likeness (QED) is 0.144. The van der Waals surface area contributed by atoms with Crippen LogP contribution in [0.15, 0.2) is 158 Å². The highest BCUT2D eigenvalue weighted by atomic mass is 27.0. The molecule has 190 valence electrons. The van der Waals surface area contributed by atoms with Gasteiger partial charge in [-0.25, -0.2) is 0 Å². The topological polar surface area (TPSA) is 18.5 Å². The fraction of sp³-hybridized carbons (Fsp3) is 0.0270. The molecule has 6 aromatic carbocycles. The highest BCUT2D eigenvalue weighted by Gasteiger charge is 2.19. The molecule has 0 unspecified atom stereocenters. The Morgan fingerprint density at radius 2 is 0.575 bits per heavy atom. The molecule has 0 saturated carbocycles. The van der Waals surface area contributed by atoms with Gasteiger partial charge in [-0.15, -0.1) is 0 Å². The number of hydrogen-bond donors (Lipinski definition) is 0. The molecule has 0 fully saturated rings. The molecular formula is C37H27AlO2. The maximum atomic E-state index is 6.71. The Morgan fingerprint density at radius 1 is 0.325 bits per heavy atom. The van der Waals surface area contributed by atoms with Crippen molar-refractivity contribution in [3.8, 4) is 56.0 Å². The number of ether oxygens (including phenoxy) is 2. The molecule has 0 aliphatic carbocycles. The number of rotatable bonds is 8. The molecule has 0 amide bonds. The second kappa shape index (κ2) is 12.1. The van der Waals surface area contributed by atoms with Crippen molar-refractivity contribution in [3.05, 3.63) is 158 Å². The summed E-state index contributed by atoms with van der Waals surface area (Å²) in [6, 6.07) is 53.9. The van der Waals surface area contributed by atoms with Crippen LogP contribution in [0.3, 0.4) is 0 Å².